The van der Waals surface area contributed by atoms with Crippen LogP contribution in [0.3, 0.4) is 0 Å². The average Bonchev–Trinajstić information content (AvgIpc) is 2.65. The highest BCUT2D eigenvalue weighted by Gasteiger charge is 2.21. The molecule has 2 aliphatic rings. The minimum Gasteiger partial charge on any atom is -0.385 e. The fourth-order valence-electron chi connectivity index (χ4n) is 1.97. The molecule has 1 saturated heterocycles. The van der Waals surface area contributed by atoms with Crippen molar-refractivity contribution in [2.75, 3.05) is 26.7 Å². The van der Waals surface area contributed by atoms with Crippen molar-refractivity contribution in [1.82, 2.24) is 20.9 Å². The predicted molar refractivity (Wildman–Crippen MR) is 62.8 cm³/mol. The van der Waals surface area contributed by atoms with E-state index in [9.17, 15) is 4.79 Å². The van der Waals surface area contributed by atoms with E-state index >= 15 is 0 Å². The second-order valence-electron chi connectivity index (χ2n) is 4.28. The molecule has 2 heterocycles. The van der Waals surface area contributed by atoms with Crippen molar-refractivity contribution in [3.8, 4) is 0 Å². The highest BCUT2D eigenvalue weighted by atomic mass is 16.2. The van der Waals surface area contributed by atoms with Crippen molar-refractivity contribution < 1.29 is 4.79 Å². The molecule has 0 bridgehead atoms. The van der Waals surface area contributed by atoms with E-state index in [-0.39, 0.29) is 12.1 Å². The number of allylic oxidation sites excluding steroid dienone is 2. The zero-order valence-corrected chi connectivity index (χ0v) is 9.49. The van der Waals surface area contributed by atoms with Crippen molar-refractivity contribution in [2.45, 2.75) is 12.5 Å². The number of carbonyl (C=O) groups excluding carboxylic acids is 1. The smallest absolute Gasteiger partial charge is 0.319 e. The molecule has 0 spiro atoms. The Morgan fingerprint density at radius 2 is 2.50 bits per heavy atom. The maximum absolute atomic E-state index is 11.6. The molecule has 1 fully saturated rings. The number of likely N-dealkylation sites (tertiary alicyclic amines) is 1. The van der Waals surface area contributed by atoms with Gasteiger partial charge in [0, 0.05) is 18.3 Å². The molecule has 3 N–H and O–H groups in total. The van der Waals surface area contributed by atoms with Crippen molar-refractivity contribution in [3.63, 3.8) is 0 Å². The van der Waals surface area contributed by atoms with Gasteiger partial charge in [0.05, 0.1) is 6.54 Å². The zero-order valence-electron chi connectivity index (χ0n) is 9.49. The van der Waals surface area contributed by atoms with Crippen molar-refractivity contribution >= 4 is 6.03 Å². The second kappa shape index (κ2) is 5.03. The van der Waals surface area contributed by atoms with Gasteiger partial charge in [0.2, 0.25) is 0 Å². The fourth-order valence-corrected chi connectivity index (χ4v) is 1.97. The molecule has 0 radical (unpaired) electrons. The number of carbonyl (C=O) groups is 1. The van der Waals surface area contributed by atoms with Gasteiger partial charge in [0.25, 0.3) is 0 Å². The summed E-state index contributed by atoms with van der Waals surface area (Å²) in [6.45, 7) is 2.66. The van der Waals surface area contributed by atoms with Crippen molar-refractivity contribution in [3.05, 3.63) is 24.0 Å². The molecule has 5 heteroatoms. The average molecular weight is 222 g/mol. The Balaban J connectivity index is 1.76. The van der Waals surface area contributed by atoms with Gasteiger partial charge < -0.3 is 20.9 Å². The van der Waals surface area contributed by atoms with Crippen LogP contribution in [0.4, 0.5) is 4.79 Å². The van der Waals surface area contributed by atoms with E-state index in [0.29, 0.717) is 6.54 Å². The molecule has 0 aliphatic carbocycles. The largest absolute Gasteiger partial charge is 0.385 e. The molecule has 2 rings (SSSR count). The second-order valence-corrected chi connectivity index (χ2v) is 4.28. The van der Waals surface area contributed by atoms with Crippen LogP contribution in [0.1, 0.15) is 6.42 Å². The van der Waals surface area contributed by atoms with E-state index in [2.05, 4.69) is 27.9 Å². The minimum atomic E-state index is -0.108. The molecule has 2 amide bonds. The van der Waals surface area contributed by atoms with Crippen molar-refractivity contribution in [1.29, 1.82) is 0 Å². The lowest BCUT2D eigenvalue weighted by atomic mass is 10.3. The van der Waals surface area contributed by atoms with Gasteiger partial charge in [0.15, 0.2) is 0 Å². The highest BCUT2D eigenvalue weighted by molar-refractivity contribution is 5.76. The van der Waals surface area contributed by atoms with Crippen LogP contribution in [0.25, 0.3) is 0 Å². The predicted octanol–water partition coefficient (Wildman–Crippen LogP) is -0.00950. The van der Waals surface area contributed by atoms with Gasteiger partial charge in [-0.1, -0.05) is 0 Å². The van der Waals surface area contributed by atoms with Crippen LogP contribution in [0.2, 0.25) is 0 Å². The molecule has 2 aliphatic heterocycles. The van der Waals surface area contributed by atoms with Crippen LogP contribution in [0.15, 0.2) is 24.0 Å². The topological polar surface area (TPSA) is 56.4 Å². The number of likely N-dealkylation sites (N-methyl/N-ethyl adjacent to an activating group) is 1. The summed E-state index contributed by atoms with van der Waals surface area (Å²) in [5.41, 5.74) is 0.895. The van der Waals surface area contributed by atoms with Crippen LogP contribution < -0.4 is 16.0 Å². The van der Waals surface area contributed by atoms with Crippen LogP contribution in [0.5, 0.6) is 0 Å². The Kier molecular flexibility index (Phi) is 3.46. The Bertz CT molecular complexity index is 324. The van der Waals surface area contributed by atoms with E-state index in [1.165, 1.54) is 0 Å². The van der Waals surface area contributed by atoms with E-state index in [0.717, 1.165) is 25.2 Å². The lowest BCUT2D eigenvalue weighted by Gasteiger charge is -2.16. The molecular formula is C11H18N4O. The molecule has 0 aromatic rings. The monoisotopic (exact) mass is 222 g/mol. The molecule has 0 unspecified atom stereocenters. The van der Waals surface area contributed by atoms with Gasteiger partial charge in [-0.05, 0) is 38.4 Å². The molecule has 0 aromatic heterocycles. The minimum absolute atomic E-state index is 0.108. The molecule has 5 nitrogen and oxygen atoms in total. The first-order valence-electron chi connectivity index (χ1n) is 5.59. The summed E-state index contributed by atoms with van der Waals surface area (Å²) in [6.07, 6.45) is 6.66. The van der Waals surface area contributed by atoms with E-state index in [4.69, 9.17) is 0 Å². The summed E-state index contributed by atoms with van der Waals surface area (Å²) in [5.74, 6) is 0. The summed E-state index contributed by atoms with van der Waals surface area (Å²) in [6, 6.07) is 0.168. The summed E-state index contributed by atoms with van der Waals surface area (Å²) >= 11 is 0. The van der Waals surface area contributed by atoms with Crippen molar-refractivity contribution in [2.24, 2.45) is 0 Å². The van der Waals surface area contributed by atoms with Gasteiger partial charge in [-0.2, -0.15) is 0 Å². The first-order chi connectivity index (χ1) is 7.74. The third-order valence-corrected chi connectivity index (χ3v) is 2.80. The van der Waals surface area contributed by atoms with Crippen LogP contribution in [0, 0.1) is 0 Å². The van der Waals surface area contributed by atoms with Crippen LogP contribution >= 0.6 is 0 Å². The van der Waals surface area contributed by atoms with E-state index < -0.39 is 0 Å². The number of dihydropyridines is 1. The maximum atomic E-state index is 11.6. The lowest BCUT2D eigenvalue weighted by Crippen LogP contribution is -2.44. The summed E-state index contributed by atoms with van der Waals surface area (Å²) in [5, 5.41) is 8.85. The molecule has 0 saturated carbocycles. The highest BCUT2D eigenvalue weighted by Crippen LogP contribution is 2.05. The van der Waals surface area contributed by atoms with Gasteiger partial charge >= 0.3 is 6.03 Å². The van der Waals surface area contributed by atoms with Crippen LogP contribution in [-0.2, 0) is 0 Å². The number of hydrogen-bond donors (Lipinski definition) is 3. The van der Waals surface area contributed by atoms with Gasteiger partial charge in [-0.15, -0.1) is 0 Å². The third kappa shape index (κ3) is 3.00. The SMILES string of the molecule is CN1CC[C@@H](NC(=O)NC2=CC=CNC2)C1. The molecule has 16 heavy (non-hydrogen) atoms. The summed E-state index contributed by atoms with van der Waals surface area (Å²) in [7, 11) is 2.07. The number of nitrogens with zero attached hydrogens (tertiary/aromatic N) is 1. The molecule has 1 atom stereocenters. The zero-order chi connectivity index (χ0) is 11.4. The quantitative estimate of drug-likeness (QED) is 0.616. The number of amides is 2. The number of nitrogens with one attached hydrogen (secondary N) is 3. The number of rotatable bonds is 2. The summed E-state index contributed by atoms with van der Waals surface area (Å²) in [4.78, 5) is 13.9. The van der Waals surface area contributed by atoms with Gasteiger partial charge in [-0.25, -0.2) is 4.79 Å². The fraction of sp³-hybridized carbons (Fsp3) is 0.545. The Morgan fingerprint density at radius 3 is 3.12 bits per heavy atom. The standard InChI is InChI=1S/C11H18N4O/c1-15-6-4-10(8-15)14-11(16)13-9-3-2-5-12-7-9/h2-3,5,10,12H,4,6-8H2,1H3,(H2,13,14,16)/t10-/m1/s1. The Hall–Kier alpha value is -1.49. The first-order valence-corrected chi connectivity index (χ1v) is 5.59. The molecule has 0 aromatic carbocycles. The molecule has 88 valence electrons. The molecular weight excluding hydrogens is 204 g/mol. The van der Waals surface area contributed by atoms with Gasteiger partial charge in [0.1, 0.15) is 0 Å². The number of hydrogen-bond acceptors (Lipinski definition) is 3. The van der Waals surface area contributed by atoms with E-state index in [1.54, 1.807) is 0 Å². The Morgan fingerprint density at radius 1 is 1.62 bits per heavy atom. The number of urea groups is 1. The Labute approximate surface area is 95.6 Å². The normalized spacial score (nSPS) is 24.8. The van der Waals surface area contributed by atoms with E-state index in [1.807, 2.05) is 18.4 Å². The van der Waals surface area contributed by atoms with Gasteiger partial charge in [-0.3, -0.25) is 0 Å². The lowest BCUT2D eigenvalue weighted by molar-refractivity contribution is 0.239. The summed E-state index contributed by atoms with van der Waals surface area (Å²) < 4.78 is 0. The maximum Gasteiger partial charge on any atom is 0.319 e. The first kappa shape index (κ1) is 11.0. The third-order valence-electron chi connectivity index (χ3n) is 2.80. The van der Waals surface area contributed by atoms with Crippen LogP contribution in [-0.4, -0.2) is 43.7 Å².